The molecule has 4 heterocycles. The number of hydrazine groups is 2. The van der Waals surface area contributed by atoms with Gasteiger partial charge in [-0.3, -0.25) is 0 Å². The smallest absolute Gasteiger partial charge is 0.225 e. The lowest BCUT2D eigenvalue weighted by molar-refractivity contribution is 0.301. The molecule has 0 radical (unpaired) electrons. The molecule has 0 amide bonds. The van der Waals surface area contributed by atoms with Crippen LogP contribution in [0.4, 0.5) is 11.6 Å². The zero-order chi connectivity index (χ0) is 23.2. The molecule has 0 spiro atoms. The van der Waals surface area contributed by atoms with Crippen LogP contribution in [-0.4, -0.2) is 34.4 Å². The van der Waals surface area contributed by atoms with E-state index in [0.29, 0.717) is 12.5 Å². The van der Waals surface area contributed by atoms with Crippen molar-refractivity contribution in [1.82, 2.24) is 26.0 Å². The molecule has 2 aromatic heterocycles. The van der Waals surface area contributed by atoms with Crippen molar-refractivity contribution in [1.29, 1.82) is 0 Å². The van der Waals surface area contributed by atoms with E-state index in [1.807, 2.05) is 36.7 Å². The highest BCUT2D eigenvalue weighted by Gasteiger charge is 2.24. The normalized spacial score (nSPS) is 16.1. The Morgan fingerprint density at radius 3 is 2.62 bits per heavy atom. The van der Waals surface area contributed by atoms with Crippen molar-refractivity contribution in [2.75, 3.05) is 23.0 Å². The predicted octanol–water partition coefficient (Wildman–Crippen LogP) is 4.01. The summed E-state index contributed by atoms with van der Waals surface area (Å²) in [7, 11) is 0. The van der Waals surface area contributed by atoms with E-state index < -0.39 is 0 Å². The van der Waals surface area contributed by atoms with Crippen LogP contribution in [0.5, 0.6) is 5.75 Å². The van der Waals surface area contributed by atoms with Crippen molar-refractivity contribution >= 4 is 29.3 Å². The van der Waals surface area contributed by atoms with Crippen LogP contribution in [0.15, 0.2) is 47.1 Å². The maximum atomic E-state index is 5.95. The minimum absolute atomic E-state index is 0.470. The van der Waals surface area contributed by atoms with Gasteiger partial charge < -0.3 is 9.64 Å². The molecule has 178 valence electrons. The average molecular weight is 479 g/mol. The third-order valence-corrected chi connectivity index (χ3v) is 7.17. The van der Waals surface area contributed by atoms with E-state index in [2.05, 4.69) is 43.3 Å². The molecule has 1 aromatic carbocycles. The third-order valence-electron chi connectivity index (χ3n) is 6.12. The molecular formula is C24H30N8OS. The zero-order valence-corrected chi connectivity index (χ0v) is 20.2. The molecule has 0 aliphatic carbocycles. The number of anilines is 2. The van der Waals surface area contributed by atoms with Crippen molar-refractivity contribution in [3.63, 3.8) is 0 Å². The number of nitrogens with one attached hydrogen (secondary N) is 2. The number of nitrogens with zero attached hydrogens (tertiary/aromatic N) is 6. The van der Waals surface area contributed by atoms with Crippen LogP contribution < -0.4 is 25.7 Å². The molecule has 2 aliphatic heterocycles. The second kappa shape index (κ2) is 10.8. The van der Waals surface area contributed by atoms with Gasteiger partial charge in [-0.05, 0) is 55.5 Å². The van der Waals surface area contributed by atoms with Crippen LogP contribution in [0.3, 0.4) is 0 Å². The fraction of sp³-hybridized carbons (Fsp3) is 0.417. The summed E-state index contributed by atoms with van der Waals surface area (Å²) in [6, 6.07) is 7.85. The topological polar surface area (TPSA) is 90.8 Å². The van der Waals surface area contributed by atoms with E-state index in [9.17, 15) is 0 Å². The van der Waals surface area contributed by atoms with E-state index in [1.54, 1.807) is 22.7 Å². The second-order valence-corrected chi connectivity index (χ2v) is 9.44. The van der Waals surface area contributed by atoms with E-state index in [0.717, 1.165) is 55.4 Å². The Labute approximate surface area is 203 Å². The Hall–Kier alpha value is -3.24. The zero-order valence-electron chi connectivity index (χ0n) is 19.4. The third kappa shape index (κ3) is 5.45. The summed E-state index contributed by atoms with van der Waals surface area (Å²) in [5, 5.41) is 9.01. The SMILES string of the molecule is CCCCc1cnc(N2CCC(c3nc(COc4ccc(N5C=NNN5)cc4)cs3)CC2)nc1. The molecule has 1 fully saturated rings. The number of hydrazone groups is 1. The summed E-state index contributed by atoms with van der Waals surface area (Å²) in [5.41, 5.74) is 8.77. The number of aryl methyl sites for hydroxylation is 1. The van der Waals surface area contributed by atoms with Crippen molar-refractivity contribution in [3.8, 4) is 5.75 Å². The number of hydrogen-bond donors (Lipinski definition) is 2. The number of thiazole rings is 1. The second-order valence-electron chi connectivity index (χ2n) is 8.55. The highest BCUT2D eigenvalue weighted by Crippen LogP contribution is 2.31. The van der Waals surface area contributed by atoms with E-state index in [4.69, 9.17) is 9.72 Å². The monoisotopic (exact) mass is 478 g/mol. The van der Waals surface area contributed by atoms with Crippen LogP contribution in [-0.2, 0) is 13.0 Å². The number of aromatic nitrogens is 3. The predicted molar refractivity (Wildman–Crippen MR) is 135 cm³/mol. The highest BCUT2D eigenvalue weighted by atomic mass is 32.1. The van der Waals surface area contributed by atoms with Crippen molar-refractivity contribution < 1.29 is 4.74 Å². The summed E-state index contributed by atoms with van der Waals surface area (Å²) in [6.07, 6.45) is 11.2. The van der Waals surface area contributed by atoms with Gasteiger partial charge >= 0.3 is 0 Å². The molecule has 2 aliphatic rings. The Morgan fingerprint density at radius 1 is 1.12 bits per heavy atom. The maximum Gasteiger partial charge on any atom is 0.225 e. The first kappa shape index (κ1) is 22.5. The number of benzene rings is 1. The Bertz CT molecular complexity index is 1080. The van der Waals surface area contributed by atoms with E-state index in [-0.39, 0.29) is 0 Å². The lowest BCUT2D eigenvalue weighted by atomic mass is 9.98. The van der Waals surface area contributed by atoms with Gasteiger partial charge in [-0.1, -0.05) is 13.3 Å². The van der Waals surface area contributed by atoms with Crippen LogP contribution in [0.2, 0.25) is 0 Å². The average Bonchev–Trinajstić information content (AvgIpc) is 3.60. The Balaban J connectivity index is 1.10. The quantitative estimate of drug-likeness (QED) is 0.477. The van der Waals surface area contributed by atoms with Gasteiger partial charge in [-0.25, -0.2) is 25.5 Å². The minimum Gasteiger partial charge on any atom is -0.487 e. The van der Waals surface area contributed by atoms with Crippen molar-refractivity contribution in [2.45, 2.75) is 51.6 Å². The fourth-order valence-electron chi connectivity index (χ4n) is 4.11. The molecule has 10 heteroatoms. The minimum atomic E-state index is 0.470. The van der Waals surface area contributed by atoms with Gasteiger partial charge in [-0.2, -0.15) is 5.10 Å². The molecule has 5 rings (SSSR count). The standard InChI is InChI=1S/C24H30N8OS/c1-2-3-4-18-13-25-24(26-14-18)31-11-9-19(10-12-31)23-28-20(16-34-23)15-33-22-7-5-21(6-8-22)32-17-27-29-30-32/h5-8,13-14,16-17,19,29-30H,2-4,9-12,15H2,1H3. The van der Waals surface area contributed by atoms with Gasteiger partial charge in [0.2, 0.25) is 5.95 Å². The van der Waals surface area contributed by atoms with Crippen LogP contribution in [0.1, 0.15) is 54.8 Å². The van der Waals surface area contributed by atoms with E-state index >= 15 is 0 Å². The highest BCUT2D eigenvalue weighted by molar-refractivity contribution is 7.09. The van der Waals surface area contributed by atoms with Crippen molar-refractivity contribution in [2.24, 2.45) is 5.10 Å². The fourth-order valence-corrected chi connectivity index (χ4v) is 5.09. The molecule has 0 unspecified atom stereocenters. The molecule has 1 saturated heterocycles. The van der Waals surface area contributed by atoms with Crippen molar-refractivity contribution in [3.05, 3.63) is 58.3 Å². The van der Waals surface area contributed by atoms with Gasteiger partial charge in [0.15, 0.2) is 0 Å². The summed E-state index contributed by atoms with van der Waals surface area (Å²) >= 11 is 1.74. The summed E-state index contributed by atoms with van der Waals surface area (Å²) < 4.78 is 5.95. The molecule has 0 bridgehead atoms. The molecule has 2 N–H and O–H groups in total. The Kier molecular flexibility index (Phi) is 7.16. The Morgan fingerprint density at radius 2 is 1.91 bits per heavy atom. The van der Waals surface area contributed by atoms with Gasteiger partial charge in [0.25, 0.3) is 0 Å². The lowest BCUT2D eigenvalue weighted by Gasteiger charge is -2.31. The summed E-state index contributed by atoms with van der Waals surface area (Å²) in [4.78, 5) is 16.4. The number of piperidine rings is 1. The van der Waals surface area contributed by atoms with Gasteiger partial charge in [-0.15, -0.1) is 16.9 Å². The number of rotatable bonds is 9. The lowest BCUT2D eigenvalue weighted by Crippen LogP contribution is -2.37. The molecule has 9 nitrogen and oxygen atoms in total. The van der Waals surface area contributed by atoms with Gasteiger partial charge in [0, 0.05) is 36.8 Å². The largest absolute Gasteiger partial charge is 0.487 e. The first-order chi connectivity index (χ1) is 16.8. The molecule has 3 aromatic rings. The number of hydrogen-bond acceptors (Lipinski definition) is 10. The maximum absolute atomic E-state index is 5.95. The number of unbranched alkanes of at least 4 members (excludes halogenated alkanes) is 1. The van der Waals surface area contributed by atoms with Crippen LogP contribution in [0.25, 0.3) is 0 Å². The van der Waals surface area contributed by atoms with Crippen LogP contribution in [0, 0.1) is 0 Å². The van der Waals surface area contributed by atoms with Gasteiger partial charge in [0.1, 0.15) is 18.7 Å². The number of ether oxygens (including phenoxy) is 1. The molecule has 0 atom stereocenters. The molecule has 34 heavy (non-hydrogen) atoms. The summed E-state index contributed by atoms with van der Waals surface area (Å²) in [6.45, 7) is 4.60. The first-order valence-corrected chi connectivity index (χ1v) is 12.7. The van der Waals surface area contributed by atoms with Crippen LogP contribution >= 0.6 is 11.3 Å². The molecular weight excluding hydrogens is 448 g/mol. The summed E-state index contributed by atoms with van der Waals surface area (Å²) in [5.74, 6) is 2.15. The van der Waals surface area contributed by atoms with E-state index in [1.165, 1.54) is 23.4 Å². The van der Waals surface area contributed by atoms with Gasteiger partial charge in [0.05, 0.1) is 16.4 Å². The first-order valence-electron chi connectivity index (χ1n) is 11.8. The molecule has 0 saturated carbocycles.